The molecule has 0 aromatic heterocycles. The molecular weight excluding hydrogens is 346 g/mol. The van der Waals surface area contributed by atoms with Crippen LogP contribution in [0.15, 0.2) is 72.8 Å². The van der Waals surface area contributed by atoms with E-state index >= 15 is 0 Å². The van der Waals surface area contributed by atoms with Crippen LogP contribution in [-0.4, -0.2) is 17.6 Å². The topological polar surface area (TPSA) is 49.3 Å². The predicted molar refractivity (Wildman–Crippen MR) is 114 cm³/mol. The van der Waals surface area contributed by atoms with Crippen LogP contribution in [0.4, 0.5) is 0 Å². The Kier molecular flexibility index (Phi) is 6.49. The number of hydrogen-bond donors (Lipinski definition) is 2. The van der Waals surface area contributed by atoms with Crippen molar-refractivity contribution in [2.75, 3.05) is 6.54 Å². The molecule has 144 valence electrons. The average molecular weight is 373 g/mol. The molecule has 3 heteroatoms. The monoisotopic (exact) mass is 373 g/mol. The van der Waals surface area contributed by atoms with Crippen molar-refractivity contribution in [3.05, 3.63) is 101 Å². The van der Waals surface area contributed by atoms with Gasteiger partial charge in [-0.05, 0) is 42.5 Å². The van der Waals surface area contributed by atoms with Crippen LogP contribution < -0.4 is 5.32 Å². The fraction of sp³-hybridized carbons (Fsp3) is 0.240. The highest BCUT2D eigenvalue weighted by Crippen LogP contribution is 2.36. The first-order chi connectivity index (χ1) is 13.6. The number of phenols is 1. The predicted octanol–water partition coefficient (Wildman–Crippen LogP) is 4.89. The molecule has 2 N–H and O–H groups in total. The second-order valence-corrected chi connectivity index (χ2v) is 7.20. The first-order valence-electron chi connectivity index (χ1n) is 9.71. The average Bonchev–Trinajstić information content (AvgIpc) is 2.72. The zero-order valence-electron chi connectivity index (χ0n) is 16.5. The van der Waals surface area contributed by atoms with Crippen LogP contribution in [0.1, 0.15) is 40.2 Å². The second kappa shape index (κ2) is 9.23. The van der Waals surface area contributed by atoms with Gasteiger partial charge in [-0.2, -0.15) is 0 Å². The Labute approximate surface area is 167 Å². The van der Waals surface area contributed by atoms with Crippen LogP contribution in [0.25, 0.3) is 0 Å². The summed E-state index contributed by atoms with van der Waals surface area (Å²) in [5.41, 5.74) is 4.93. The lowest BCUT2D eigenvalue weighted by Gasteiger charge is -2.20. The molecule has 3 aromatic rings. The van der Waals surface area contributed by atoms with E-state index in [1.165, 1.54) is 5.56 Å². The van der Waals surface area contributed by atoms with Crippen molar-refractivity contribution in [1.82, 2.24) is 5.32 Å². The fourth-order valence-corrected chi connectivity index (χ4v) is 3.44. The quantitative estimate of drug-likeness (QED) is 0.619. The van der Waals surface area contributed by atoms with E-state index in [0.29, 0.717) is 13.0 Å². The molecule has 1 atom stereocenters. The molecule has 0 heterocycles. The molecule has 3 aromatic carbocycles. The van der Waals surface area contributed by atoms with Crippen LogP contribution in [0.3, 0.4) is 0 Å². The maximum absolute atomic E-state index is 12.7. The summed E-state index contributed by atoms with van der Waals surface area (Å²) in [6, 6.07) is 24.0. The summed E-state index contributed by atoms with van der Waals surface area (Å²) in [5, 5.41) is 13.7. The van der Waals surface area contributed by atoms with E-state index in [1.54, 1.807) is 0 Å². The molecule has 3 nitrogen and oxygen atoms in total. The Bertz CT molecular complexity index is 920. The van der Waals surface area contributed by atoms with Crippen LogP contribution in [0.5, 0.6) is 5.75 Å². The summed E-state index contributed by atoms with van der Waals surface area (Å²) in [6.07, 6.45) is 1.10. The first kappa shape index (κ1) is 19.7. The van der Waals surface area contributed by atoms with Crippen molar-refractivity contribution in [1.29, 1.82) is 0 Å². The summed E-state index contributed by atoms with van der Waals surface area (Å²) in [6.45, 7) is 4.49. The maximum Gasteiger partial charge on any atom is 0.220 e. The molecule has 0 bridgehead atoms. The number of phenolic OH excluding ortho intramolecular Hbond substituents is 1. The number of carbonyl (C=O) groups is 1. The molecule has 0 aliphatic heterocycles. The van der Waals surface area contributed by atoms with Gasteiger partial charge < -0.3 is 10.4 Å². The first-order valence-corrected chi connectivity index (χ1v) is 9.71. The van der Waals surface area contributed by atoms with Crippen LogP contribution in [0, 0.1) is 13.8 Å². The van der Waals surface area contributed by atoms with Crippen LogP contribution in [0.2, 0.25) is 0 Å². The van der Waals surface area contributed by atoms with E-state index in [0.717, 1.165) is 28.7 Å². The van der Waals surface area contributed by atoms with Gasteiger partial charge in [0, 0.05) is 24.4 Å². The number of hydrogen-bond acceptors (Lipinski definition) is 2. The van der Waals surface area contributed by atoms with Crippen molar-refractivity contribution in [3.8, 4) is 5.75 Å². The third-order valence-electron chi connectivity index (χ3n) is 5.28. The Balaban J connectivity index is 1.75. The highest BCUT2D eigenvalue weighted by atomic mass is 16.3. The van der Waals surface area contributed by atoms with Gasteiger partial charge in [0.2, 0.25) is 5.91 Å². The minimum Gasteiger partial charge on any atom is -0.507 e. The largest absolute Gasteiger partial charge is 0.507 e. The molecule has 0 fully saturated rings. The molecule has 0 aliphatic rings. The van der Waals surface area contributed by atoms with E-state index in [2.05, 4.69) is 17.4 Å². The molecule has 0 saturated carbocycles. The van der Waals surface area contributed by atoms with Gasteiger partial charge in [0.25, 0.3) is 0 Å². The van der Waals surface area contributed by atoms with Gasteiger partial charge in [0.15, 0.2) is 0 Å². The summed E-state index contributed by atoms with van der Waals surface area (Å²) in [7, 11) is 0. The molecular formula is C25H27NO2. The Morgan fingerprint density at radius 3 is 2.25 bits per heavy atom. The Morgan fingerprint density at radius 1 is 0.929 bits per heavy atom. The van der Waals surface area contributed by atoms with Crippen molar-refractivity contribution in [3.63, 3.8) is 0 Å². The van der Waals surface area contributed by atoms with Gasteiger partial charge >= 0.3 is 0 Å². The van der Waals surface area contributed by atoms with Crippen molar-refractivity contribution in [2.45, 2.75) is 32.6 Å². The van der Waals surface area contributed by atoms with Crippen LogP contribution >= 0.6 is 0 Å². The lowest BCUT2D eigenvalue weighted by atomic mass is 9.86. The van der Waals surface area contributed by atoms with E-state index < -0.39 is 0 Å². The number of carbonyl (C=O) groups excluding carboxylic acids is 1. The summed E-state index contributed by atoms with van der Waals surface area (Å²) in [5.74, 6) is 0.0885. The number of nitrogens with one attached hydrogen (secondary N) is 1. The summed E-state index contributed by atoms with van der Waals surface area (Å²) < 4.78 is 0. The zero-order chi connectivity index (χ0) is 19.9. The number of benzene rings is 3. The van der Waals surface area contributed by atoms with E-state index in [4.69, 9.17) is 0 Å². The molecule has 1 amide bonds. The van der Waals surface area contributed by atoms with Gasteiger partial charge in [-0.1, -0.05) is 72.8 Å². The number of amides is 1. The number of aromatic hydroxyl groups is 1. The normalized spacial score (nSPS) is 11.8. The fourth-order valence-electron chi connectivity index (χ4n) is 3.44. The highest BCUT2D eigenvalue weighted by molar-refractivity contribution is 5.78. The SMILES string of the molecule is Cc1ccc([C@@H](CC(=O)NCCc2ccccc2)c2ccccc2)c(O)c1C. The van der Waals surface area contributed by atoms with E-state index in [-0.39, 0.29) is 17.6 Å². The maximum atomic E-state index is 12.7. The molecule has 0 radical (unpaired) electrons. The molecule has 0 spiro atoms. The minimum atomic E-state index is -0.183. The summed E-state index contributed by atoms with van der Waals surface area (Å²) >= 11 is 0. The molecule has 3 rings (SSSR count). The third kappa shape index (κ3) is 4.80. The standard InChI is InChI=1S/C25H27NO2/c1-18-13-14-22(25(28)19(18)2)23(21-11-7-4-8-12-21)17-24(27)26-16-15-20-9-5-3-6-10-20/h3-14,23,28H,15-17H2,1-2H3,(H,26,27)/t23-/m0/s1. The highest BCUT2D eigenvalue weighted by Gasteiger charge is 2.22. The molecule has 0 aliphatic carbocycles. The minimum absolute atomic E-state index is 0.0117. The number of aryl methyl sites for hydroxylation is 1. The van der Waals surface area contributed by atoms with Gasteiger partial charge in [-0.3, -0.25) is 4.79 Å². The third-order valence-corrected chi connectivity index (χ3v) is 5.28. The van der Waals surface area contributed by atoms with Gasteiger partial charge in [0.1, 0.15) is 5.75 Å². The number of rotatable bonds is 7. The Morgan fingerprint density at radius 2 is 1.57 bits per heavy atom. The van der Waals surface area contributed by atoms with Gasteiger partial charge in [-0.25, -0.2) is 0 Å². The molecule has 0 unspecified atom stereocenters. The lowest BCUT2D eigenvalue weighted by molar-refractivity contribution is -0.121. The second-order valence-electron chi connectivity index (χ2n) is 7.20. The van der Waals surface area contributed by atoms with Gasteiger partial charge in [0.05, 0.1) is 0 Å². The molecule has 0 saturated heterocycles. The zero-order valence-corrected chi connectivity index (χ0v) is 16.5. The van der Waals surface area contributed by atoms with Crippen molar-refractivity contribution in [2.24, 2.45) is 0 Å². The summed E-state index contributed by atoms with van der Waals surface area (Å²) in [4.78, 5) is 12.7. The van der Waals surface area contributed by atoms with Crippen LogP contribution in [-0.2, 0) is 11.2 Å². The smallest absolute Gasteiger partial charge is 0.220 e. The van der Waals surface area contributed by atoms with E-state index in [9.17, 15) is 9.90 Å². The lowest BCUT2D eigenvalue weighted by Crippen LogP contribution is -2.27. The molecule has 28 heavy (non-hydrogen) atoms. The van der Waals surface area contributed by atoms with Gasteiger partial charge in [-0.15, -0.1) is 0 Å². The van der Waals surface area contributed by atoms with E-state index in [1.807, 2.05) is 74.5 Å². The van der Waals surface area contributed by atoms with Crippen molar-refractivity contribution < 1.29 is 9.90 Å². The van der Waals surface area contributed by atoms with Crippen molar-refractivity contribution >= 4 is 5.91 Å². The Hall–Kier alpha value is -3.07.